The van der Waals surface area contributed by atoms with E-state index in [1.54, 1.807) is 0 Å². The van der Waals surface area contributed by atoms with Crippen LogP contribution in [0.5, 0.6) is 0 Å². The van der Waals surface area contributed by atoms with E-state index in [2.05, 4.69) is 5.32 Å². The molecule has 8 nitrogen and oxygen atoms in total. The molecule has 24 heavy (non-hydrogen) atoms. The largest absolute Gasteiger partial charge is 1.00 e. The summed E-state index contributed by atoms with van der Waals surface area (Å²) < 4.78 is 12.2. The Morgan fingerprint density at radius 3 is 2.50 bits per heavy atom. The van der Waals surface area contributed by atoms with Gasteiger partial charge in [0.15, 0.2) is 0 Å². The van der Waals surface area contributed by atoms with E-state index in [1.807, 2.05) is 0 Å². The molecule has 0 aromatic heterocycles. The van der Waals surface area contributed by atoms with Crippen LogP contribution in [0.1, 0.15) is 27.2 Å². The molecule has 10 heteroatoms. The maximum atomic E-state index is 12.2. The number of nitrogens with zero attached hydrogens (tertiary/aromatic N) is 1. The van der Waals surface area contributed by atoms with Crippen molar-refractivity contribution in [2.45, 2.75) is 38.8 Å². The maximum Gasteiger partial charge on any atom is 1.00 e. The Kier molecular flexibility index (Phi) is 6.56. The smallest absolute Gasteiger partial charge is 0.543 e. The molecule has 3 atom stereocenters. The number of amides is 2. The zero-order valence-electron chi connectivity index (χ0n) is 13.9. The van der Waals surface area contributed by atoms with E-state index in [9.17, 15) is 28.8 Å². The molecule has 126 valence electrons. The van der Waals surface area contributed by atoms with Crippen molar-refractivity contribution in [3.8, 4) is 0 Å². The summed E-state index contributed by atoms with van der Waals surface area (Å²) in [7, 11) is -1.83. The Morgan fingerprint density at radius 1 is 1.46 bits per heavy atom. The van der Waals surface area contributed by atoms with Gasteiger partial charge in [-0.3, -0.25) is 9.59 Å². The number of rotatable bonds is 5. The molecule has 2 N–H and O–H groups in total. The van der Waals surface area contributed by atoms with E-state index >= 15 is 0 Å². The Balaban J connectivity index is 0.00000288. The van der Waals surface area contributed by atoms with Crippen LogP contribution in [0.25, 0.3) is 0 Å². The monoisotopic (exact) mass is 364 g/mol. The molecule has 0 unspecified atom stereocenters. The number of carboxylic acid groups (broad SMARTS) is 1. The summed E-state index contributed by atoms with van der Waals surface area (Å²) >= 11 is 0. The predicted octanol–water partition coefficient (Wildman–Crippen LogP) is -4.69. The quantitative estimate of drug-likeness (QED) is 0.373. The molecule has 0 spiro atoms. The third-order valence-corrected chi connectivity index (χ3v) is 5.02. The summed E-state index contributed by atoms with van der Waals surface area (Å²) in [4.78, 5) is 35.3. The second kappa shape index (κ2) is 7.49. The normalized spacial score (nSPS) is 24.3. The van der Waals surface area contributed by atoms with Gasteiger partial charge >= 0.3 is 29.6 Å². The standard InChI is InChI=1S/C14H18N2O6S.Na/c1-7(17)15-4-5-23(22)9-6-8-10(14(2,3)21)12(18)16(8)11(9)13(19)20;/h4-5,8,10,21H,6H2,1-3H3,(H,15,17)(H,19,20);/q;+1/p-1/b5-4+;/t8-,10+,23+;/m1./s1. The molecule has 0 aliphatic carbocycles. The zero-order chi connectivity index (χ0) is 17.5. The van der Waals surface area contributed by atoms with Crippen LogP contribution in [0.4, 0.5) is 0 Å². The van der Waals surface area contributed by atoms with Crippen molar-refractivity contribution in [1.29, 1.82) is 0 Å². The molecule has 1 saturated heterocycles. The Morgan fingerprint density at radius 2 is 2.04 bits per heavy atom. The van der Waals surface area contributed by atoms with Gasteiger partial charge in [0.25, 0.3) is 0 Å². The van der Waals surface area contributed by atoms with Crippen LogP contribution in [0.3, 0.4) is 0 Å². The molecule has 2 heterocycles. The molecule has 0 aromatic carbocycles. The van der Waals surface area contributed by atoms with Gasteiger partial charge in [-0.25, -0.2) is 4.21 Å². The molecule has 2 amide bonds. The van der Waals surface area contributed by atoms with Gasteiger partial charge in [0.2, 0.25) is 11.8 Å². The predicted molar refractivity (Wildman–Crippen MR) is 78.2 cm³/mol. The fourth-order valence-electron chi connectivity index (χ4n) is 2.91. The van der Waals surface area contributed by atoms with Crippen LogP contribution in [0, 0.1) is 5.92 Å². The third-order valence-electron chi connectivity index (χ3n) is 3.79. The van der Waals surface area contributed by atoms with Gasteiger partial charge in [-0.1, -0.05) is 0 Å². The number of aliphatic hydroxyl groups is 1. The SMILES string of the molecule is CC(=O)N/C=C/[S@](=O)C1=C(C(=O)[O-])N2C(=O)[C@@H](C(C)(C)O)[C@H]2C1.[Na+]. The molecular formula is C14H17N2NaO6S. The fourth-order valence-corrected chi connectivity index (χ4v) is 3.97. The molecule has 1 fully saturated rings. The van der Waals surface area contributed by atoms with Gasteiger partial charge in [-0.2, -0.15) is 0 Å². The minimum atomic E-state index is -1.83. The minimum absolute atomic E-state index is 0. The number of carbonyl (C=O) groups is 3. The number of β-lactam (4-membered cyclic amide) rings is 1. The second-order valence-electron chi connectivity index (χ2n) is 5.97. The fraction of sp³-hybridized carbons (Fsp3) is 0.500. The van der Waals surface area contributed by atoms with Gasteiger partial charge in [-0.15, -0.1) is 0 Å². The van der Waals surface area contributed by atoms with Crippen LogP contribution in [0.15, 0.2) is 22.2 Å². The van der Waals surface area contributed by atoms with E-state index in [-0.39, 0.29) is 46.8 Å². The van der Waals surface area contributed by atoms with Crippen molar-refractivity contribution < 1.29 is 58.4 Å². The molecule has 0 bridgehead atoms. The minimum Gasteiger partial charge on any atom is -0.543 e. The maximum absolute atomic E-state index is 12.2. The molecule has 2 rings (SSSR count). The van der Waals surface area contributed by atoms with Crippen molar-refractivity contribution in [3.63, 3.8) is 0 Å². The average molecular weight is 364 g/mol. The summed E-state index contributed by atoms with van der Waals surface area (Å²) in [5, 5.41) is 24.8. The molecule has 0 aromatic rings. The number of hydrogen-bond donors (Lipinski definition) is 2. The Labute approximate surface area is 163 Å². The molecule has 0 radical (unpaired) electrons. The average Bonchev–Trinajstić information content (AvgIpc) is 2.71. The van der Waals surface area contributed by atoms with Gasteiger partial charge in [-0.05, 0) is 13.8 Å². The van der Waals surface area contributed by atoms with Crippen molar-refractivity contribution in [1.82, 2.24) is 10.2 Å². The van der Waals surface area contributed by atoms with Gasteiger partial charge < -0.3 is 25.2 Å². The second-order valence-corrected chi connectivity index (χ2v) is 7.33. The van der Waals surface area contributed by atoms with Gasteiger partial charge in [0.05, 0.1) is 40.0 Å². The molecule has 0 saturated carbocycles. The van der Waals surface area contributed by atoms with Crippen LogP contribution >= 0.6 is 0 Å². The van der Waals surface area contributed by atoms with E-state index in [4.69, 9.17) is 0 Å². The first-order valence-electron chi connectivity index (χ1n) is 6.90. The van der Waals surface area contributed by atoms with Crippen LogP contribution in [0.2, 0.25) is 0 Å². The number of carboxylic acids is 1. The van der Waals surface area contributed by atoms with Crippen molar-refractivity contribution in [3.05, 3.63) is 22.2 Å². The number of hydrogen-bond acceptors (Lipinski definition) is 6. The van der Waals surface area contributed by atoms with Gasteiger partial charge in [0, 0.05) is 29.9 Å². The summed E-state index contributed by atoms with van der Waals surface area (Å²) in [5.41, 5.74) is -1.72. The number of fused-ring (bicyclic) bond motifs is 1. The van der Waals surface area contributed by atoms with Crippen molar-refractivity contribution in [2.75, 3.05) is 0 Å². The molecule has 2 aliphatic rings. The third kappa shape index (κ3) is 3.80. The first-order valence-corrected chi connectivity index (χ1v) is 8.11. The molecular weight excluding hydrogens is 347 g/mol. The van der Waals surface area contributed by atoms with Crippen LogP contribution in [-0.2, 0) is 25.2 Å². The van der Waals surface area contributed by atoms with E-state index in [0.29, 0.717) is 0 Å². The number of aliphatic carboxylic acids is 1. The van der Waals surface area contributed by atoms with Crippen LogP contribution < -0.4 is 40.0 Å². The van der Waals surface area contributed by atoms with Crippen LogP contribution in [-0.4, -0.2) is 43.6 Å². The topological polar surface area (TPSA) is 127 Å². The van der Waals surface area contributed by atoms with Gasteiger partial charge in [0.1, 0.15) is 0 Å². The Bertz CT molecular complexity index is 667. The number of carbonyl (C=O) groups excluding carboxylic acids is 3. The summed E-state index contributed by atoms with van der Waals surface area (Å²) in [6.45, 7) is 4.21. The summed E-state index contributed by atoms with van der Waals surface area (Å²) in [5.74, 6) is -3.24. The molecule has 2 aliphatic heterocycles. The summed E-state index contributed by atoms with van der Waals surface area (Å²) in [6, 6.07) is -0.552. The van der Waals surface area contributed by atoms with Crippen molar-refractivity contribution in [2.24, 2.45) is 5.92 Å². The summed E-state index contributed by atoms with van der Waals surface area (Å²) in [6.07, 6.45) is 1.23. The van der Waals surface area contributed by atoms with E-state index in [1.165, 1.54) is 20.8 Å². The first-order chi connectivity index (χ1) is 10.6. The Hall–Kier alpha value is -1.00. The van der Waals surface area contributed by atoms with E-state index < -0.39 is 45.9 Å². The first kappa shape index (κ1) is 21.0. The van der Waals surface area contributed by atoms with Crippen molar-refractivity contribution >= 4 is 28.6 Å². The van der Waals surface area contributed by atoms with E-state index in [0.717, 1.165) is 16.5 Å². The zero-order valence-corrected chi connectivity index (χ0v) is 16.7. The number of nitrogens with one attached hydrogen (secondary N) is 1.